The molecule has 0 saturated heterocycles. The van der Waals surface area contributed by atoms with E-state index in [0.717, 1.165) is 29.1 Å². The van der Waals surface area contributed by atoms with E-state index in [1.54, 1.807) is 14.2 Å². The van der Waals surface area contributed by atoms with E-state index < -0.39 is 0 Å². The summed E-state index contributed by atoms with van der Waals surface area (Å²) in [7, 11) is 3.33. The van der Waals surface area contributed by atoms with Crippen LogP contribution in [-0.2, 0) is 6.42 Å². The van der Waals surface area contributed by atoms with Crippen molar-refractivity contribution in [3.8, 4) is 11.5 Å². The molecule has 2 heteroatoms. The van der Waals surface area contributed by atoms with Gasteiger partial charge in [0, 0.05) is 5.56 Å². The SMILES string of the molecule is C=C(C)Cc1cc(OC)ccc1OC. The van der Waals surface area contributed by atoms with Gasteiger partial charge in [-0.3, -0.25) is 0 Å². The maximum absolute atomic E-state index is 5.25. The Morgan fingerprint density at radius 1 is 1.29 bits per heavy atom. The lowest BCUT2D eigenvalue weighted by molar-refractivity contribution is 0.399. The minimum Gasteiger partial charge on any atom is -0.497 e. The number of allylic oxidation sites excluding steroid dienone is 1. The molecule has 0 aliphatic rings. The lowest BCUT2D eigenvalue weighted by Crippen LogP contribution is -1.94. The van der Waals surface area contributed by atoms with Crippen LogP contribution in [0, 0.1) is 0 Å². The lowest BCUT2D eigenvalue weighted by Gasteiger charge is -2.09. The molecule has 0 atom stereocenters. The topological polar surface area (TPSA) is 18.5 Å². The van der Waals surface area contributed by atoms with Gasteiger partial charge in [0.05, 0.1) is 14.2 Å². The maximum atomic E-state index is 5.25. The van der Waals surface area contributed by atoms with E-state index in [4.69, 9.17) is 9.47 Å². The number of ether oxygens (including phenoxy) is 2. The molecule has 0 aliphatic heterocycles. The number of hydrogen-bond donors (Lipinski definition) is 0. The van der Waals surface area contributed by atoms with Gasteiger partial charge in [0.15, 0.2) is 0 Å². The Morgan fingerprint density at radius 3 is 2.50 bits per heavy atom. The van der Waals surface area contributed by atoms with E-state index in [2.05, 4.69) is 6.58 Å². The van der Waals surface area contributed by atoms with Gasteiger partial charge < -0.3 is 9.47 Å². The average molecular weight is 192 g/mol. The predicted molar refractivity (Wildman–Crippen MR) is 58.1 cm³/mol. The van der Waals surface area contributed by atoms with Crippen LogP contribution < -0.4 is 9.47 Å². The monoisotopic (exact) mass is 192 g/mol. The molecular weight excluding hydrogens is 176 g/mol. The first-order valence-corrected chi connectivity index (χ1v) is 4.52. The maximum Gasteiger partial charge on any atom is 0.122 e. The van der Waals surface area contributed by atoms with Crippen LogP contribution >= 0.6 is 0 Å². The molecular formula is C12H16O2. The first-order valence-electron chi connectivity index (χ1n) is 4.52. The van der Waals surface area contributed by atoms with Crippen molar-refractivity contribution >= 4 is 0 Å². The number of benzene rings is 1. The van der Waals surface area contributed by atoms with Gasteiger partial charge >= 0.3 is 0 Å². The summed E-state index contributed by atoms with van der Waals surface area (Å²) in [4.78, 5) is 0. The molecule has 0 fully saturated rings. The van der Waals surface area contributed by atoms with E-state index >= 15 is 0 Å². The van der Waals surface area contributed by atoms with Gasteiger partial charge in [-0.15, -0.1) is 0 Å². The fourth-order valence-electron chi connectivity index (χ4n) is 1.35. The minimum absolute atomic E-state index is 0.820. The summed E-state index contributed by atoms with van der Waals surface area (Å²) < 4.78 is 10.4. The molecule has 0 N–H and O–H groups in total. The summed E-state index contributed by atoms with van der Waals surface area (Å²) in [5.41, 5.74) is 2.22. The Balaban J connectivity index is 3.01. The highest BCUT2D eigenvalue weighted by Gasteiger charge is 2.04. The summed E-state index contributed by atoms with van der Waals surface area (Å²) in [6, 6.07) is 5.78. The van der Waals surface area contributed by atoms with Crippen LogP contribution in [0.2, 0.25) is 0 Å². The van der Waals surface area contributed by atoms with Crippen molar-refractivity contribution in [2.45, 2.75) is 13.3 Å². The molecule has 0 heterocycles. The van der Waals surface area contributed by atoms with Crippen LogP contribution in [-0.4, -0.2) is 14.2 Å². The first kappa shape index (κ1) is 10.6. The third kappa shape index (κ3) is 2.52. The van der Waals surface area contributed by atoms with Crippen molar-refractivity contribution in [3.63, 3.8) is 0 Å². The number of hydrogen-bond acceptors (Lipinski definition) is 2. The molecule has 2 nitrogen and oxygen atoms in total. The molecule has 14 heavy (non-hydrogen) atoms. The summed E-state index contributed by atoms with van der Waals surface area (Å²) in [5.74, 6) is 1.73. The highest BCUT2D eigenvalue weighted by molar-refractivity contribution is 5.41. The average Bonchev–Trinajstić information content (AvgIpc) is 2.16. The van der Waals surface area contributed by atoms with Crippen LogP contribution in [0.1, 0.15) is 12.5 Å². The molecule has 0 spiro atoms. The number of methoxy groups -OCH3 is 2. The predicted octanol–water partition coefficient (Wildman–Crippen LogP) is 2.82. The molecule has 0 bridgehead atoms. The summed E-state index contributed by atoms with van der Waals surface area (Å²) in [6.45, 7) is 5.88. The molecule has 0 unspecified atom stereocenters. The van der Waals surface area contributed by atoms with Crippen LogP contribution in [0.15, 0.2) is 30.4 Å². The van der Waals surface area contributed by atoms with E-state index in [-0.39, 0.29) is 0 Å². The molecule has 1 rings (SSSR count). The van der Waals surface area contributed by atoms with Gasteiger partial charge in [-0.2, -0.15) is 0 Å². The van der Waals surface area contributed by atoms with Crippen molar-refractivity contribution in [3.05, 3.63) is 35.9 Å². The summed E-state index contributed by atoms with van der Waals surface area (Å²) in [6.07, 6.45) is 0.820. The summed E-state index contributed by atoms with van der Waals surface area (Å²) in [5, 5.41) is 0. The Labute approximate surface area is 85.2 Å². The highest BCUT2D eigenvalue weighted by Crippen LogP contribution is 2.25. The molecule has 1 aromatic carbocycles. The Bertz CT molecular complexity index is 329. The zero-order valence-electron chi connectivity index (χ0n) is 8.96. The standard InChI is InChI=1S/C12H16O2/c1-9(2)7-10-8-11(13-3)5-6-12(10)14-4/h5-6,8H,1,7H2,2-4H3. The zero-order chi connectivity index (χ0) is 10.6. The summed E-state index contributed by atoms with van der Waals surface area (Å²) >= 11 is 0. The minimum atomic E-state index is 0.820. The fraction of sp³-hybridized carbons (Fsp3) is 0.333. The molecule has 1 aromatic rings. The van der Waals surface area contributed by atoms with Gasteiger partial charge in [0.25, 0.3) is 0 Å². The second kappa shape index (κ2) is 4.70. The molecule has 0 radical (unpaired) electrons. The van der Waals surface area contributed by atoms with Gasteiger partial charge in [-0.05, 0) is 31.5 Å². The molecule has 0 aromatic heterocycles. The van der Waals surface area contributed by atoms with Crippen molar-refractivity contribution in [1.29, 1.82) is 0 Å². The molecule has 76 valence electrons. The third-order valence-electron chi connectivity index (χ3n) is 1.98. The Kier molecular flexibility index (Phi) is 3.57. The smallest absolute Gasteiger partial charge is 0.122 e. The number of rotatable bonds is 4. The largest absolute Gasteiger partial charge is 0.497 e. The molecule has 0 saturated carbocycles. The van der Waals surface area contributed by atoms with Gasteiger partial charge in [-0.25, -0.2) is 0 Å². The van der Waals surface area contributed by atoms with Gasteiger partial charge in [0.2, 0.25) is 0 Å². The normalized spacial score (nSPS) is 9.64. The van der Waals surface area contributed by atoms with Crippen LogP contribution in [0.25, 0.3) is 0 Å². The van der Waals surface area contributed by atoms with Crippen molar-refractivity contribution < 1.29 is 9.47 Å². The quantitative estimate of drug-likeness (QED) is 0.683. The van der Waals surface area contributed by atoms with Crippen molar-refractivity contribution in [1.82, 2.24) is 0 Å². The van der Waals surface area contributed by atoms with Gasteiger partial charge in [0.1, 0.15) is 11.5 Å². The fourth-order valence-corrected chi connectivity index (χ4v) is 1.35. The first-order chi connectivity index (χ1) is 6.67. The van der Waals surface area contributed by atoms with E-state index in [1.165, 1.54) is 0 Å². The second-order valence-corrected chi connectivity index (χ2v) is 3.31. The lowest BCUT2D eigenvalue weighted by atomic mass is 10.1. The van der Waals surface area contributed by atoms with Gasteiger partial charge in [-0.1, -0.05) is 12.2 Å². The second-order valence-electron chi connectivity index (χ2n) is 3.31. The molecule has 0 aliphatic carbocycles. The van der Waals surface area contributed by atoms with E-state index in [9.17, 15) is 0 Å². The highest BCUT2D eigenvalue weighted by atomic mass is 16.5. The van der Waals surface area contributed by atoms with E-state index in [1.807, 2.05) is 25.1 Å². The Morgan fingerprint density at radius 2 is 2.00 bits per heavy atom. The van der Waals surface area contributed by atoms with E-state index in [0.29, 0.717) is 0 Å². The zero-order valence-corrected chi connectivity index (χ0v) is 8.96. The van der Waals surface area contributed by atoms with Crippen LogP contribution in [0.4, 0.5) is 0 Å². The molecule has 0 amide bonds. The van der Waals surface area contributed by atoms with Crippen molar-refractivity contribution in [2.75, 3.05) is 14.2 Å². The Hall–Kier alpha value is -1.44. The van der Waals surface area contributed by atoms with Crippen LogP contribution in [0.3, 0.4) is 0 Å². The van der Waals surface area contributed by atoms with Crippen LogP contribution in [0.5, 0.6) is 11.5 Å². The van der Waals surface area contributed by atoms with Crippen molar-refractivity contribution in [2.24, 2.45) is 0 Å². The third-order valence-corrected chi connectivity index (χ3v) is 1.98.